The third kappa shape index (κ3) is 5.40. The van der Waals surface area contributed by atoms with Gasteiger partial charge in [-0.25, -0.2) is 4.79 Å². The van der Waals surface area contributed by atoms with Crippen LogP contribution in [0.3, 0.4) is 0 Å². The summed E-state index contributed by atoms with van der Waals surface area (Å²) in [6.45, 7) is 3.17. The molecule has 0 aliphatic rings. The number of amides is 2. The van der Waals surface area contributed by atoms with Crippen molar-refractivity contribution in [2.45, 2.75) is 13.3 Å². The van der Waals surface area contributed by atoms with Crippen molar-refractivity contribution < 1.29 is 9.59 Å². The summed E-state index contributed by atoms with van der Waals surface area (Å²) in [6, 6.07) is 6.76. The number of hydrogen-bond acceptors (Lipinski definition) is 3. The van der Waals surface area contributed by atoms with Crippen LogP contribution in [0.5, 0.6) is 0 Å². The predicted molar refractivity (Wildman–Crippen MR) is 81.3 cm³/mol. The summed E-state index contributed by atoms with van der Waals surface area (Å²) in [7, 11) is 5.79. The number of urea groups is 1. The Kier molecular flexibility index (Phi) is 6.18. The Hall–Kier alpha value is -1.88. The molecule has 0 spiro atoms. The number of carbonyl (C=O) groups excluding carboxylic acids is 2. The molecule has 1 rings (SSSR count). The quantitative estimate of drug-likeness (QED) is 0.812. The lowest BCUT2D eigenvalue weighted by Crippen LogP contribution is -2.33. The lowest BCUT2D eigenvalue weighted by Gasteiger charge is -2.19. The smallest absolute Gasteiger partial charge is 0.321 e. The summed E-state index contributed by atoms with van der Waals surface area (Å²) >= 11 is 0. The Labute approximate surface area is 120 Å². The van der Waals surface area contributed by atoms with Gasteiger partial charge in [0.2, 0.25) is 0 Å². The van der Waals surface area contributed by atoms with Gasteiger partial charge in [0.1, 0.15) is 0 Å². The topological polar surface area (TPSA) is 52.7 Å². The van der Waals surface area contributed by atoms with Crippen molar-refractivity contribution in [2.24, 2.45) is 0 Å². The number of carbonyl (C=O) groups is 2. The van der Waals surface area contributed by atoms with Gasteiger partial charge in [0.25, 0.3) is 0 Å². The first-order chi connectivity index (χ1) is 9.40. The Balaban J connectivity index is 2.46. The van der Waals surface area contributed by atoms with E-state index in [1.54, 1.807) is 36.2 Å². The average molecular weight is 277 g/mol. The molecule has 5 nitrogen and oxygen atoms in total. The Morgan fingerprint density at radius 2 is 1.65 bits per heavy atom. The second-order valence-electron chi connectivity index (χ2n) is 5.14. The minimum absolute atomic E-state index is 0.0173. The second kappa shape index (κ2) is 7.65. The molecule has 0 aromatic heterocycles. The summed E-state index contributed by atoms with van der Waals surface area (Å²) in [6.07, 6.45) is 0.931. The standard InChI is InChI=1S/C15H23N3O2/c1-12(19)13-6-8-14(9-7-13)16-15(20)18(4)11-5-10-17(2)3/h6-9H,5,10-11H2,1-4H3,(H,16,20). The summed E-state index contributed by atoms with van der Waals surface area (Å²) in [5.41, 5.74) is 1.33. The van der Waals surface area contributed by atoms with Gasteiger partial charge >= 0.3 is 6.03 Å². The molecule has 0 fully saturated rings. The van der Waals surface area contributed by atoms with Crippen LogP contribution in [-0.4, -0.2) is 55.8 Å². The molecule has 0 unspecified atom stereocenters. The Morgan fingerprint density at radius 3 is 2.15 bits per heavy atom. The number of hydrogen-bond donors (Lipinski definition) is 1. The maximum absolute atomic E-state index is 11.9. The molecule has 20 heavy (non-hydrogen) atoms. The Bertz CT molecular complexity index is 455. The lowest BCUT2D eigenvalue weighted by atomic mass is 10.1. The molecular weight excluding hydrogens is 254 g/mol. The zero-order valence-corrected chi connectivity index (χ0v) is 12.6. The van der Waals surface area contributed by atoms with Gasteiger partial charge in [-0.3, -0.25) is 4.79 Å². The third-order valence-corrected chi connectivity index (χ3v) is 2.99. The van der Waals surface area contributed by atoms with E-state index in [4.69, 9.17) is 0 Å². The zero-order chi connectivity index (χ0) is 15.1. The average Bonchev–Trinajstić information content (AvgIpc) is 2.38. The van der Waals surface area contributed by atoms with Crippen LogP contribution in [0.25, 0.3) is 0 Å². The van der Waals surface area contributed by atoms with Crippen LogP contribution in [0.1, 0.15) is 23.7 Å². The van der Waals surface area contributed by atoms with Gasteiger partial charge in [-0.05, 0) is 58.3 Å². The molecule has 0 saturated carbocycles. The number of anilines is 1. The van der Waals surface area contributed by atoms with Gasteiger partial charge in [0.15, 0.2) is 5.78 Å². The van der Waals surface area contributed by atoms with Crippen molar-refractivity contribution in [3.63, 3.8) is 0 Å². The number of Topliss-reactive ketones (excluding diaryl/α,β-unsaturated/α-hetero) is 1. The highest BCUT2D eigenvalue weighted by molar-refractivity contribution is 5.95. The van der Waals surface area contributed by atoms with Crippen molar-refractivity contribution in [3.05, 3.63) is 29.8 Å². The molecule has 0 aliphatic heterocycles. The van der Waals surface area contributed by atoms with Crippen molar-refractivity contribution in [2.75, 3.05) is 39.5 Å². The molecule has 2 amide bonds. The molecule has 0 atom stereocenters. The molecule has 1 aromatic rings. The maximum atomic E-state index is 11.9. The van der Waals surface area contributed by atoms with Gasteiger partial charge in [-0.15, -0.1) is 0 Å². The highest BCUT2D eigenvalue weighted by Crippen LogP contribution is 2.10. The van der Waals surface area contributed by atoms with E-state index < -0.39 is 0 Å². The number of ketones is 1. The Morgan fingerprint density at radius 1 is 1.05 bits per heavy atom. The van der Waals surface area contributed by atoms with E-state index in [2.05, 4.69) is 10.2 Å². The lowest BCUT2D eigenvalue weighted by molar-refractivity contribution is 0.101. The first kappa shape index (κ1) is 16.2. The molecule has 0 radical (unpaired) electrons. The first-order valence-electron chi connectivity index (χ1n) is 6.68. The van der Waals surface area contributed by atoms with Crippen LogP contribution in [-0.2, 0) is 0 Å². The van der Waals surface area contributed by atoms with Gasteiger partial charge in [-0.2, -0.15) is 0 Å². The van der Waals surface area contributed by atoms with E-state index in [0.29, 0.717) is 17.8 Å². The molecule has 0 bridgehead atoms. The van der Waals surface area contributed by atoms with E-state index in [1.165, 1.54) is 6.92 Å². The number of rotatable bonds is 6. The maximum Gasteiger partial charge on any atom is 0.321 e. The summed E-state index contributed by atoms with van der Waals surface area (Å²) in [5, 5.41) is 2.81. The SMILES string of the molecule is CC(=O)c1ccc(NC(=O)N(C)CCCN(C)C)cc1. The molecule has 0 heterocycles. The number of benzene rings is 1. The molecule has 0 aliphatic carbocycles. The normalized spacial score (nSPS) is 10.4. The third-order valence-electron chi connectivity index (χ3n) is 2.99. The van der Waals surface area contributed by atoms with Crippen LogP contribution < -0.4 is 5.32 Å². The molecule has 5 heteroatoms. The molecule has 0 saturated heterocycles. The minimum Gasteiger partial charge on any atom is -0.328 e. The molecular formula is C15H23N3O2. The van der Waals surface area contributed by atoms with Gasteiger partial charge in [-0.1, -0.05) is 0 Å². The molecule has 1 N–H and O–H groups in total. The van der Waals surface area contributed by atoms with Gasteiger partial charge < -0.3 is 15.1 Å². The van der Waals surface area contributed by atoms with E-state index in [9.17, 15) is 9.59 Å². The highest BCUT2D eigenvalue weighted by Gasteiger charge is 2.08. The zero-order valence-electron chi connectivity index (χ0n) is 12.6. The van der Waals surface area contributed by atoms with E-state index in [0.717, 1.165) is 13.0 Å². The second-order valence-corrected chi connectivity index (χ2v) is 5.14. The van der Waals surface area contributed by atoms with Crippen molar-refractivity contribution in [1.82, 2.24) is 9.80 Å². The highest BCUT2D eigenvalue weighted by atomic mass is 16.2. The number of nitrogens with zero attached hydrogens (tertiary/aromatic N) is 2. The van der Waals surface area contributed by atoms with Crippen LogP contribution in [0.15, 0.2) is 24.3 Å². The fraction of sp³-hybridized carbons (Fsp3) is 0.467. The van der Waals surface area contributed by atoms with Crippen molar-refractivity contribution >= 4 is 17.5 Å². The largest absolute Gasteiger partial charge is 0.328 e. The summed E-state index contributed by atoms with van der Waals surface area (Å²) < 4.78 is 0. The van der Waals surface area contributed by atoms with E-state index >= 15 is 0 Å². The fourth-order valence-electron chi connectivity index (χ4n) is 1.73. The number of nitrogens with one attached hydrogen (secondary N) is 1. The summed E-state index contributed by atoms with van der Waals surface area (Å²) in [5.74, 6) is 0.0173. The monoisotopic (exact) mass is 277 g/mol. The van der Waals surface area contributed by atoms with Crippen LogP contribution in [0.2, 0.25) is 0 Å². The predicted octanol–water partition coefficient (Wildman–Crippen LogP) is 2.30. The minimum atomic E-state index is -0.140. The molecule has 1 aromatic carbocycles. The molecule has 110 valence electrons. The van der Waals surface area contributed by atoms with E-state index in [-0.39, 0.29) is 11.8 Å². The first-order valence-corrected chi connectivity index (χ1v) is 6.68. The van der Waals surface area contributed by atoms with Crippen LogP contribution in [0, 0.1) is 0 Å². The van der Waals surface area contributed by atoms with Crippen LogP contribution in [0.4, 0.5) is 10.5 Å². The fourth-order valence-corrected chi connectivity index (χ4v) is 1.73. The van der Waals surface area contributed by atoms with Crippen molar-refractivity contribution in [3.8, 4) is 0 Å². The van der Waals surface area contributed by atoms with Crippen LogP contribution >= 0.6 is 0 Å². The van der Waals surface area contributed by atoms with Gasteiger partial charge in [0.05, 0.1) is 0 Å². The van der Waals surface area contributed by atoms with Crippen molar-refractivity contribution in [1.29, 1.82) is 0 Å². The summed E-state index contributed by atoms with van der Waals surface area (Å²) in [4.78, 5) is 26.8. The van der Waals surface area contributed by atoms with Gasteiger partial charge in [0, 0.05) is 24.8 Å². The van der Waals surface area contributed by atoms with E-state index in [1.807, 2.05) is 14.1 Å².